The summed E-state index contributed by atoms with van der Waals surface area (Å²) < 4.78 is 22.3. The first-order valence-electron chi connectivity index (χ1n) is 9.09. The number of fused-ring (bicyclic) bond motifs is 1. The second-order valence-electron chi connectivity index (χ2n) is 6.52. The van der Waals surface area contributed by atoms with Crippen molar-refractivity contribution < 1.29 is 23.4 Å². The van der Waals surface area contributed by atoms with Crippen molar-refractivity contribution in [3.8, 4) is 17.2 Å². The van der Waals surface area contributed by atoms with Crippen LogP contribution in [0, 0.1) is 0 Å². The molecule has 2 aromatic carbocycles. The van der Waals surface area contributed by atoms with E-state index in [1.807, 2.05) is 48.5 Å². The average molecular weight is 379 g/mol. The minimum absolute atomic E-state index is 0.202. The molecular formula is C22H21NO5. The number of hydrogen-bond donors (Lipinski definition) is 0. The summed E-state index contributed by atoms with van der Waals surface area (Å²) in [4.78, 5) is 14.5. The molecule has 0 saturated carbocycles. The van der Waals surface area contributed by atoms with Crippen LogP contribution in [0.1, 0.15) is 21.7 Å². The Bertz CT molecular complexity index is 951. The number of carbonyl (C=O) groups is 1. The maximum Gasteiger partial charge on any atom is 0.290 e. The van der Waals surface area contributed by atoms with E-state index in [2.05, 4.69) is 0 Å². The van der Waals surface area contributed by atoms with E-state index in [9.17, 15) is 4.79 Å². The Labute approximate surface area is 163 Å². The molecule has 0 atom stereocenters. The fraction of sp³-hybridized carbons (Fsp3) is 0.227. The molecule has 144 valence electrons. The Balaban J connectivity index is 1.42. The fourth-order valence-corrected chi connectivity index (χ4v) is 3.02. The molecule has 28 heavy (non-hydrogen) atoms. The minimum Gasteiger partial charge on any atom is -0.489 e. The van der Waals surface area contributed by atoms with Gasteiger partial charge in [0.05, 0.1) is 6.26 Å². The number of rotatable bonds is 6. The third-order valence-electron chi connectivity index (χ3n) is 4.45. The van der Waals surface area contributed by atoms with E-state index in [-0.39, 0.29) is 18.3 Å². The van der Waals surface area contributed by atoms with Crippen LogP contribution in [0.2, 0.25) is 0 Å². The van der Waals surface area contributed by atoms with Crippen LogP contribution in [0.3, 0.4) is 0 Å². The van der Waals surface area contributed by atoms with Gasteiger partial charge in [0.1, 0.15) is 25.6 Å². The molecule has 0 fully saturated rings. The Morgan fingerprint density at radius 2 is 1.82 bits per heavy atom. The van der Waals surface area contributed by atoms with Gasteiger partial charge in [0.25, 0.3) is 5.91 Å². The summed E-state index contributed by atoms with van der Waals surface area (Å²) in [6, 6.07) is 16.9. The van der Waals surface area contributed by atoms with Crippen LogP contribution in [-0.4, -0.2) is 31.1 Å². The van der Waals surface area contributed by atoms with Crippen LogP contribution >= 0.6 is 0 Å². The second kappa shape index (κ2) is 8.08. The monoisotopic (exact) mass is 379 g/mol. The second-order valence-corrected chi connectivity index (χ2v) is 6.52. The van der Waals surface area contributed by atoms with Gasteiger partial charge in [-0.15, -0.1) is 0 Å². The number of para-hydroxylation sites is 1. The third-order valence-corrected chi connectivity index (χ3v) is 4.45. The lowest BCUT2D eigenvalue weighted by Gasteiger charge is -2.21. The van der Waals surface area contributed by atoms with Crippen molar-refractivity contribution in [3.63, 3.8) is 0 Å². The van der Waals surface area contributed by atoms with Crippen molar-refractivity contribution >= 4 is 5.91 Å². The van der Waals surface area contributed by atoms with Gasteiger partial charge in [-0.05, 0) is 35.9 Å². The Morgan fingerprint density at radius 1 is 1.04 bits per heavy atom. The number of hydrogen-bond acceptors (Lipinski definition) is 5. The Hall–Kier alpha value is -3.41. The summed E-state index contributed by atoms with van der Waals surface area (Å²) in [7, 11) is 1.74. The number of ether oxygens (including phenoxy) is 3. The van der Waals surface area contributed by atoms with E-state index in [1.54, 1.807) is 18.0 Å². The number of carbonyl (C=O) groups excluding carboxylic acids is 1. The molecule has 1 aromatic heterocycles. The molecule has 0 unspecified atom stereocenters. The van der Waals surface area contributed by atoms with Crippen molar-refractivity contribution in [2.45, 2.75) is 13.2 Å². The predicted molar refractivity (Wildman–Crippen MR) is 103 cm³/mol. The van der Waals surface area contributed by atoms with Crippen LogP contribution in [0.5, 0.6) is 17.2 Å². The van der Waals surface area contributed by atoms with Gasteiger partial charge in [0.15, 0.2) is 17.3 Å². The van der Waals surface area contributed by atoms with E-state index >= 15 is 0 Å². The largest absolute Gasteiger partial charge is 0.489 e. The lowest BCUT2D eigenvalue weighted by molar-refractivity contribution is 0.0749. The predicted octanol–water partition coefficient (Wildman–Crippen LogP) is 3.90. The van der Waals surface area contributed by atoms with Crippen LogP contribution < -0.4 is 14.2 Å². The lowest BCUT2D eigenvalue weighted by atomic mass is 10.1. The molecule has 0 radical (unpaired) electrons. The van der Waals surface area contributed by atoms with E-state index in [0.717, 1.165) is 17.1 Å². The van der Waals surface area contributed by atoms with Gasteiger partial charge in [-0.2, -0.15) is 0 Å². The zero-order valence-electron chi connectivity index (χ0n) is 15.6. The highest BCUT2D eigenvalue weighted by molar-refractivity contribution is 5.92. The van der Waals surface area contributed by atoms with Crippen molar-refractivity contribution in [1.29, 1.82) is 0 Å². The third kappa shape index (κ3) is 3.96. The summed E-state index contributed by atoms with van der Waals surface area (Å²) in [5.74, 6) is 2.27. The Morgan fingerprint density at radius 3 is 2.64 bits per heavy atom. The molecule has 1 aliphatic heterocycles. The number of benzene rings is 2. The summed E-state index contributed by atoms with van der Waals surface area (Å²) in [6.07, 6.45) is 1.51. The van der Waals surface area contributed by atoms with Gasteiger partial charge in [-0.3, -0.25) is 4.79 Å². The molecule has 0 N–H and O–H groups in total. The highest BCUT2D eigenvalue weighted by Gasteiger charge is 2.21. The number of nitrogens with zero attached hydrogens (tertiary/aromatic N) is 1. The van der Waals surface area contributed by atoms with Crippen molar-refractivity contribution in [3.05, 3.63) is 77.7 Å². The van der Waals surface area contributed by atoms with E-state index in [4.69, 9.17) is 18.6 Å². The molecule has 0 spiro atoms. The molecule has 2 heterocycles. The molecule has 0 saturated heterocycles. The smallest absolute Gasteiger partial charge is 0.290 e. The molecule has 6 heteroatoms. The van der Waals surface area contributed by atoms with Gasteiger partial charge in [0, 0.05) is 19.2 Å². The first kappa shape index (κ1) is 18.0. The zero-order chi connectivity index (χ0) is 19.3. The molecule has 0 bridgehead atoms. The van der Waals surface area contributed by atoms with Gasteiger partial charge in [0.2, 0.25) is 0 Å². The zero-order valence-corrected chi connectivity index (χ0v) is 15.6. The molecule has 4 rings (SSSR count). The van der Waals surface area contributed by atoms with Gasteiger partial charge >= 0.3 is 0 Å². The first-order valence-corrected chi connectivity index (χ1v) is 9.09. The van der Waals surface area contributed by atoms with Crippen LogP contribution in [0.25, 0.3) is 0 Å². The van der Waals surface area contributed by atoms with Crippen LogP contribution in [0.15, 0.2) is 65.3 Å². The van der Waals surface area contributed by atoms with Gasteiger partial charge < -0.3 is 23.5 Å². The summed E-state index contributed by atoms with van der Waals surface area (Å²) in [5.41, 5.74) is 1.66. The number of amides is 1. The highest BCUT2D eigenvalue weighted by Crippen LogP contribution is 2.31. The Kier molecular flexibility index (Phi) is 5.19. The first-order chi connectivity index (χ1) is 13.7. The van der Waals surface area contributed by atoms with E-state index in [1.165, 1.54) is 6.26 Å². The van der Waals surface area contributed by atoms with Gasteiger partial charge in [-0.25, -0.2) is 0 Å². The molecule has 1 aliphatic rings. The van der Waals surface area contributed by atoms with Crippen LogP contribution in [0.4, 0.5) is 0 Å². The quantitative estimate of drug-likeness (QED) is 0.650. The molecular weight excluding hydrogens is 358 g/mol. The number of furan rings is 1. The fourth-order valence-electron chi connectivity index (χ4n) is 3.02. The highest BCUT2D eigenvalue weighted by atomic mass is 16.6. The molecule has 1 amide bonds. The van der Waals surface area contributed by atoms with Crippen molar-refractivity contribution in [1.82, 2.24) is 4.90 Å². The summed E-state index contributed by atoms with van der Waals surface area (Å²) in [5, 5.41) is 0. The molecule has 0 aliphatic carbocycles. The maximum absolute atomic E-state index is 12.9. The average Bonchev–Trinajstić information content (AvgIpc) is 3.21. The van der Waals surface area contributed by atoms with Crippen molar-refractivity contribution in [2.75, 3.05) is 20.3 Å². The molecule has 3 aromatic rings. The van der Waals surface area contributed by atoms with Crippen LogP contribution in [-0.2, 0) is 13.2 Å². The van der Waals surface area contributed by atoms with E-state index in [0.29, 0.717) is 31.1 Å². The summed E-state index contributed by atoms with van der Waals surface area (Å²) >= 11 is 0. The molecule has 6 nitrogen and oxygen atoms in total. The SMILES string of the molecule is CN(Cc1ccc2c(c1)OCCO2)C(=O)c1occc1COc1ccccc1. The van der Waals surface area contributed by atoms with Gasteiger partial charge in [-0.1, -0.05) is 24.3 Å². The lowest BCUT2D eigenvalue weighted by Crippen LogP contribution is -2.27. The summed E-state index contributed by atoms with van der Waals surface area (Å²) in [6.45, 7) is 1.77. The van der Waals surface area contributed by atoms with E-state index < -0.39 is 0 Å². The maximum atomic E-state index is 12.9. The standard InChI is InChI=1S/C22H21NO5/c1-23(14-16-7-8-19-20(13-16)26-12-11-25-19)22(24)21-17(9-10-27-21)15-28-18-5-3-2-4-6-18/h2-10,13H,11-12,14-15H2,1H3. The topological polar surface area (TPSA) is 61.1 Å². The van der Waals surface area contributed by atoms with Crippen molar-refractivity contribution in [2.24, 2.45) is 0 Å². The minimum atomic E-state index is -0.202. The normalized spacial score (nSPS) is 12.5.